The van der Waals surface area contributed by atoms with E-state index in [-0.39, 0.29) is 30.0 Å². The standard InChI is InChI=1S/C26H33N3O4/c1-2-23(26(31)27-22-14-7-4-8-15-22)28(18-17-20-11-5-3-6-12-20)25(30)19-21-13-9-10-16-24(21)29(32)33/h3,5-6,9-13,16,22-23H,2,4,7-8,14-15,17-19H2,1H3,(H,27,31)/t23-/m0/s1. The molecule has 176 valence electrons. The predicted molar refractivity (Wildman–Crippen MR) is 128 cm³/mol. The van der Waals surface area contributed by atoms with Crippen LogP contribution in [0.1, 0.15) is 56.6 Å². The Labute approximate surface area is 195 Å². The second-order valence-corrected chi connectivity index (χ2v) is 8.65. The first-order valence-corrected chi connectivity index (χ1v) is 11.9. The van der Waals surface area contributed by atoms with Gasteiger partial charge in [-0.2, -0.15) is 0 Å². The summed E-state index contributed by atoms with van der Waals surface area (Å²) in [5, 5.41) is 14.6. The fraction of sp³-hybridized carbons (Fsp3) is 0.462. The van der Waals surface area contributed by atoms with E-state index in [4.69, 9.17) is 0 Å². The molecule has 0 radical (unpaired) electrons. The van der Waals surface area contributed by atoms with Crippen molar-refractivity contribution in [2.75, 3.05) is 6.54 Å². The van der Waals surface area contributed by atoms with E-state index in [1.165, 1.54) is 12.5 Å². The van der Waals surface area contributed by atoms with Gasteiger partial charge in [0, 0.05) is 24.2 Å². The summed E-state index contributed by atoms with van der Waals surface area (Å²) < 4.78 is 0. The zero-order chi connectivity index (χ0) is 23.6. The lowest BCUT2D eigenvalue weighted by molar-refractivity contribution is -0.385. The Bertz CT molecular complexity index is 942. The molecule has 2 aromatic rings. The summed E-state index contributed by atoms with van der Waals surface area (Å²) in [4.78, 5) is 39.2. The Morgan fingerprint density at radius 3 is 2.39 bits per heavy atom. The van der Waals surface area contributed by atoms with Gasteiger partial charge in [-0.15, -0.1) is 0 Å². The van der Waals surface area contributed by atoms with Gasteiger partial charge in [-0.25, -0.2) is 0 Å². The Kier molecular flexibility index (Phi) is 8.98. The molecule has 0 bridgehead atoms. The van der Waals surface area contributed by atoms with Gasteiger partial charge < -0.3 is 10.2 Å². The number of para-hydroxylation sites is 1. The molecule has 2 amide bonds. The number of hydrogen-bond donors (Lipinski definition) is 1. The van der Waals surface area contributed by atoms with Gasteiger partial charge in [-0.05, 0) is 31.2 Å². The van der Waals surface area contributed by atoms with Crippen LogP contribution in [-0.4, -0.2) is 40.3 Å². The minimum atomic E-state index is -0.606. The van der Waals surface area contributed by atoms with Crippen LogP contribution in [-0.2, 0) is 22.4 Å². The lowest BCUT2D eigenvalue weighted by atomic mass is 9.95. The molecule has 1 fully saturated rings. The van der Waals surface area contributed by atoms with Gasteiger partial charge in [0.2, 0.25) is 11.8 Å². The summed E-state index contributed by atoms with van der Waals surface area (Å²) in [7, 11) is 0. The Morgan fingerprint density at radius 1 is 1.06 bits per heavy atom. The third kappa shape index (κ3) is 6.88. The number of amides is 2. The van der Waals surface area contributed by atoms with E-state index in [1.807, 2.05) is 37.3 Å². The average Bonchev–Trinajstić information content (AvgIpc) is 2.83. The predicted octanol–water partition coefficient (Wildman–Crippen LogP) is 4.44. The van der Waals surface area contributed by atoms with Gasteiger partial charge in [0.1, 0.15) is 6.04 Å². The van der Waals surface area contributed by atoms with Crippen molar-refractivity contribution in [2.45, 2.75) is 70.4 Å². The fourth-order valence-electron chi connectivity index (χ4n) is 4.54. The summed E-state index contributed by atoms with van der Waals surface area (Å²) in [5.41, 5.74) is 1.36. The summed E-state index contributed by atoms with van der Waals surface area (Å²) in [6.45, 7) is 2.28. The van der Waals surface area contributed by atoms with Crippen LogP contribution >= 0.6 is 0 Å². The first-order chi connectivity index (χ1) is 16.0. The molecule has 1 N–H and O–H groups in total. The van der Waals surface area contributed by atoms with Crippen molar-refractivity contribution in [3.05, 3.63) is 75.8 Å². The molecular formula is C26H33N3O4. The number of nitro benzene ring substituents is 1. The fourth-order valence-corrected chi connectivity index (χ4v) is 4.54. The number of nitrogens with zero attached hydrogens (tertiary/aromatic N) is 2. The zero-order valence-electron chi connectivity index (χ0n) is 19.2. The highest BCUT2D eigenvalue weighted by atomic mass is 16.6. The molecule has 1 aliphatic rings. The molecule has 33 heavy (non-hydrogen) atoms. The molecule has 3 rings (SSSR count). The second-order valence-electron chi connectivity index (χ2n) is 8.65. The lowest BCUT2D eigenvalue weighted by Crippen LogP contribution is -2.52. The van der Waals surface area contributed by atoms with Gasteiger partial charge in [-0.3, -0.25) is 19.7 Å². The van der Waals surface area contributed by atoms with Crippen LogP contribution in [0.25, 0.3) is 0 Å². The van der Waals surface area contributed by atoms with Crippen LogP contribution in [0.3, 0.4) is 0 Å². The summed E-state index contributed by atoms with van der Waals surface area (Å²) in [6.07, 6.45) is 6.33. The molecule has 0 saturated heterocycles. The second kappa shape index (κ2) is 12.1. The number of rotatable bonds is 10. The van der Waals surface area contributed by atoms with E-state index in [2.05, 4.69) is 5.32 Å². The highest BCUT2D eigenvalue weighted by Gasteiger charge is 2.31. The molecule has 1 aliphatic carbocycles. The van der Waals surface area contributed by atoms with E-state index >= 15 is 0 Å². The zero-order valence-corrected chi connectivity index (χ0v) is 19.2. The smallest absolute Gasteiger partial charge is 0.273 e. The molecule has 7 nitrogen and oxygen atoms in total. The number of carbonyl (C=O) groups is 2. The molecule has 1 saturated carbocycles. The first-order valence-electron chi connectivity index (χ1n) is 11.9. The number of nitro groups is 1. The highest BCUT2D eigenvalue weighted by molar-refractivity contribution is 5.89. The maximum absolute atomic E-state index is 13.4. The van der Waals surface area contributed by atoms with Crippen LogP contribution in [0.5, 0.6) is 0 Å². The van der Waals surface area contributed by atoms with Crippen molar-refractivity contribution in [1.82, 2.24) is 10.2 Å². The van der Waals surface area contributed by atoms with E-state index < -0.39 is 11.0 Å². The van der Waals surface area contributed by atoms with E-state index in [0.717, 1.165) is 31.2 Å². The molecule has 7 heteroatoms. The lowest BCUT2D eigenvalue weighted by Gasteiger charge is -2.33. The molecule has 0 heterocycles. The molecule has 0 aliphatic heterocycles. The average molecular weight is 452 g/mol. The quantitative estimate of drug-likeness (QED) is 0.427. The van der Waals surface area contributed by atoms with Crippen molar-refractivity contribution in [2.24, 2.45) is 0 Å². The maximum atomic E-state index is 13.4. The monoisotopic (exact) mass is 451 g/mol. The minimum Gasteiger partial charge on any atom is -0.352 e. The summed E-state index contributed by atoms with van der Waals surface area (Å²) >= 11 is 0. The van der Waals surface area contributed by atoms with E-state index in [9.17, 15) is 19.7 Å². The number of benzene rings is 2. The van der Waals surface area contributed by atoms with Gasteiger partial charge in [-0.1, -0.05) is 74.7 Å². The highest BCUT2D eigenvalue weighted by Crippen LogP contribution is 2.21. The maximum Gasteiger partial charge on any atom is 0.273 e. The van der Waals surface area contributed by atoms with Gasteiger partial charge in [0.15, 0.2) is 0 Å². The first kappa shape index (κ1) is 24.4. The Balaban J connectivity index is 1.79. The SMILES string of the molecule is CC[C@@H](C(=O)NC1CCCCC1)N(CCc1ccccc1)C(=O)Cc1ccccc1[N+](=O)[O-]. The number of hydrogen-bond acceptors (Lipinski definition) is 4. The molecule has 1 atom stereocenters. The van der Waals surface area contributed by atoms with Gasteiger partial charge in [0.05, 0.1) is 11.3 Å². The third-order valence-electron chi connectivity index (χ3n) is 6.35. The van der Waals surface area contributed by atoms with Crippen molar-refractivity contribution >= 4 is 17.5 Å². The molecule has 2 aromatic carbocycles. The van der Waals surface area contributed by atoms with Crippen molar-refractivity contribution in [3.8, 4) is 0 Å². The van der Waals surface area contributed by atoms with Gasteiger partial charge >= 0.3 is 0 Å². The van der Waals surface area contributed by atoms with Crippen molar-refractivity contribution < 1.29 is 14.5 Å². The van der Waals surface area contributed by atoms with E-state index in [1.54, 1.807) is 23.1 Å². The molecule has 0 aromatic heterocycles. The van der Waals surface area contributed by atoms with Crippen molar-refractivity contribution in [1.29, 1.82) is 0 Å². The van der Waals surface area contributed by atoms with Crippen LogP contribution < -0.4 is 5.32 Å². The third-order valence-corrected chi connectivity index (χ3v) is 6.35. The summed E-state index contributed by atoms with van der Waals surface area (Å²) in [5.74, 6) is -0.403. The van der Waals surface area contributed by atoms with E-state index in [0.29, 0.717) is 24.9 Å². The van der Waals surface area contributed by atoms with Crippen LogP contribution in [0.2, 0.25) is 0 Å². The molecular weight excluding hydrogens is 418 g/mol. The van der Waals surface area contributed by atoms with Crippen molar-refractivity contribution in [3.63, 3.8) is 0 Å². The van der Waals surface area contributed by atoms with Crippen LogP contribution in [0.4, 0.5) is 5.69 Å². The largest absolute Gasteiger partial charge is 0.352 e. The van der Waals surface area contributed by atoms with Crippen LogP contribution in [0, 0.1) is 10.1 Å². The van der Waals surface area contributed by atoms with Crippen LogP contribution in [0.15, 0.2) is 54.6 Å². The van der Waals surface area contributed by atoms with Gasteiger partial charge in [0.25, 0.3) is 5.69 Å². The molecule has 0 spiro atoms. The molecule has 0 unspecified atom stereocenters. The number of carbonyl (C=O) groups excluding carboxylic acids is 2. The normalized spacial score (nSPS) is 14.9. The Morgan fingerprint density at radius 2 is 1.73 bits per heavy atom. The minimum absolute atomic E-state index is 0.0754. The number of nitrogens with one attached hydrogen (secondary N) is 1. The Hall–Kier alpha value is -3.22. The topological polar surface area (TPSA) is 92.6 Å². The summed E-state index contributed by atoms with van der Waals surface area (Å²) in [6, 6.07) is 15.7.